The zero-order chi connectivity index (χ0) is 10.7. The third-order valence-electron chi connectivity index (χ3n) is 1.92. The molecule has 0 atom stereocenters. The molecule has 0 fully saturated rings. The van der Waals surface area contributed by atoms with E-state index >= 15 is 0 Å². The van der Waals surface area contributed by atoms with Crippen LogP contribution in [-0.2, 0) is 4.74 Å². The van der Waals surface area contributed by atoms with Crippen LogP contribution in [0.2, 0.25) is 0 Å². The Morgan fingerprint density at radius 2 is 2.07 bits per heavy atom. The van der Waals surface area contributed by atoms with E-state index in [1.54, 1.807) is 0 Å². The number of methoxy groups -OCH3 is 1. The molecule has 0 spiro atoms. The van der Waals surface area contributed by atoms with Crippen LogP contribution in [0.3, 0.4) is 0 Å². The average Bonchev–Trinajstić information content (AvgIpc) is 2.78. The molecule has 1 heterocycles. The Balaban J connectivity index is 2.32. The average molecular weight is 203 g/mol. The summed E-state index contributed by atoms with van der Waals surface area (Å²) in [4.78, 5) is 15.1. The zero-order valence-corrected chi connectivity index (χ0v) is 8.14. The van der Waals surface area contributed by atoms with E-state index in [1.165, 1.54) is 13.4 Å². The summed E-state index contributed by atoms with van der Waals surface area (Å²) in [5, 5.41) is 0. The van der Waals surface area contributed by atoms with Crippen molar-refractivity contribution in [3.63, 3.8) is 0 Å². The van der Waals surface area contributed by atoms with Gasteiger partial charge in [0.2, 0.25) is 5.89 Å². The highest BCUT2D eigenvalue weighted by atomic mass is 16.5. The maximum Gasteiger partial charge on any atom is 0.360 e. The molecule has 15 heavy (non-hydrogen) atoms. The number of carbonyl (C=O) groups is 1. The van der Waals surface area contributed by atoms with Crippen molar-refractivity contribution < 1.29 is 13.9 Å². The van der Waals surface area contributed by atoms with Crippen LogP contribution < -0.4 is 0 Å². The maximum absolute atomic E-state index is 11.1. The van der Waals surface area contributed by atoms with Crippen LogP contribution >= 0.6 is 0 Å². The first-order valence-electron chi connectivity index (χ1n) is 4.40. The van der Waals surface area contributed by atoms with Crippen molar-refractivity contribution in [1.82, 2.24) is 4.98 Å². The van der Waals surface area contributed by atoms with E-state index in [9.17, 15) is 4.79 Å². The number of rotatable bonds is 2. The lowest BCUT2D eigenvalue weighted by Gasteiger charge is -1.92. The van der Waals surface area contributed by atoms with Crippen molar-refractivity contribution in [2.24, 2.45) is 0 Å². The Hall–Kier alpha value is -2.10. The highest BCUT2D eigenvalue weighted by Gasteiger charge is 2.12. The van der Waals surface area contributed by atoms with Gasteiger partial charge in [-0.05, 0) is 12.1 Å². The summed E-state index contributed by atoms with van der Waals surface area (Å²) in [6.45, 7) is 0. The minimum atomic E-state index is -0.499. The predicted octanol–water partition coefficient (Wildman–Crippen LogP) is 2.13. The maximum atomic E-state index is 11.1. The summed E-state index contributed by atoms with van der Waals surface area (Å²) in [5.74, 6) is -0.0862. The second kappa shape index (κ2) is 3.96. The molecule has 0 aliphatic rings. The van der Waals surface area contributed by atoms with E-state index in [-0.39, 0.29) is 5.69 Å². The smallest absolute Gasteiger partial charge is 0.360 e. The Morgan fingerprint density at radius 1 is 1.33 bits per heavy atom. The number of nitrogens with zero attached hydrogens (tertiary/aromatic N) is 1. The van der Waals surface area contributed by atoms with Crippen LogP contribution in [0.1, 0.15) is 10.5 Å². The van der Waals surface area contributed by atoms with E-state index in [0.29, 0.717) is 5.89 Å². The van der Waals surface area contributed by atoms with Gasteiger partial charge in [0, 0.05) is 5.56 Å². The molecule has 76 valence electrons. The summed E-state index contributed by atoms with van der Waals surface area (Å²) < 4.78 is 9.69. The van der Waals surface area contributed by atoms with Crippen LogP contribution in [0.15, 0.2) is 41.0 Å². The van der Waals surface area contributed by atoms with Crippen LogP contribution in [0.25, 0.3) is 11.5 Å². The molecular weight excluding hydrogens is 194 g/mol. The van der Waals surface area contributed by atoms with Gasteiger partial charge in [-0.15, -0.1) is 0 Å². The SMILES string of the molecule is COC(=O)c1coc(-c2ccccc2)n1. The van der Waals surface area contributed by atoms with Gasteiger partial charge >= 0.3 is 5.97 Å². The molecular formula is C11H9NO3. The normalized spacial score (nSPS) is 9.93. The van der Waals surface area contributed by atoms with Crippen molar-refractivity contribution in [1.29, 1.82) is 0 Å². The summed E-state index contributed by atoms with van der Waals surface area (Å²) in [7, 11) is 1.30. The molecule has 1 aromatic heterocycles. The third-order valence-corrected chi connectivity index (χ3v) is 1.92. The molecule has 0 amide bonds. The number of hydrogen-bond acceptors (Lipinski definition) is 4. The highest BCUT2D eigenvalue weighted by molar-refractivity contribution is 5.87. The Kier molecular flexibility index (Phi) is 2.49. The molecule has 0 bridgehead atoms. The molecule has 0 saturated carbocycles. The number of benzene rings is 1. The number of carbonyl (C=O) groups excluding carboxylic acids is 1. The van der Waals surface area contributed by atoms with Crippen molar-refractivity contribution in [2.75, 3.05) is 7.11 Å². The van der Waals surface area contributed by atoms with E-state index < -0.39 is 5.97 Å². The summed E-state index contributed by atoms with van der Waals surface area (Å²) >= 11 is 0. The molecule has 2 rings (SSSR count). The lowest BCUT2D eigenvalue weighted by atomic mass is 10.2. The molecule has 4 heteroatoms. The number of aromatic nitrogens is 1. The second-order valence-corrected chi connectivity index (χ2v) is 2.90. The van der Waals surface area contributed by atoms with Crippen molar-refractivity contribution in [3.8, 4) is 11.5 Å². The molecule has 0 aliphatic carbocycles. The predicted molar refractivity (Wildman–Crippen MR) is 53.3 cm³/mol. The molecule has 0 N–H and O–H groups in total. The lowest BCUT2D eigenvalue weighted by molar-refractivity contribution is 0.0594. The van der Waals surface area contributed by atoms with Gasteiger partial charge in [-0.3, -0.25) is 0 Å². The summed E-state index contributed by atoms with van der Waals surface area (Å²) in [5.41, 5.74) is 1.00. The number of ether oxygens (including phenoxy) is 1. The van der Waals surface area contributed by atoms with E-state index in [4.69, 9.17) is 4.42 Å². The standard InChI is InChI=1S/C11H9NO3/c1-14-11(13)9-7-15-10(12-9)8-5-3-2-4-6-8/h2-7H,1H3. The van der Waals surface area contributed by atoms with Crippen LogP contribution in [-0.4, -0.2) is 18.1 Å². The largest absolute Gasteiger partial charge is 0.464 e. The van der Waals surface area contributed by atoms with E-state index in [2.05, 4.69) is 9.72 Å². The van der Waals surface area contributed by atoms with Gasteiger partial charge in [0.05, 0.1) is 7.11 Å². The van der Waals surface area contributed by atoms with E-state index in [0.717, 1.165) is 5.56 Å². The molecule has 0 saturated heterocycles. The second-order valence-electron chi connectivity index (χ2n) is 2.90. The Bertz CT molecular complexity index is 462. The van der Waals surface area contributed by atoms with Crippen LogP contribution in [0, 0.1) is 0 Å². The van der Waals surface area contributed by atoms with Gasteiger partial charge in [-0.2, -0.15) is 0 Å². The van der Waals surface area contributed by atoms with Gasteiger partial charge in [0.25, 0.3) is 0 Å². The van der Waals surface area contributed by atoms with Crippen LogP contribution in [0.5, 0.6) is 0 Å². The minimum absolute atomic E-state index is 0.177. The molecule has 0 unspecified atom stereocenters. The highest BCUT2D eigenvalue weighted by Crippen LogP contribution is 2.17. The van der Waals surface area contributed by atoms with Crippen molar-refractivity contribution in [3.05, 3.63) is 42.3 Å². The Morgan fingerprint density at radius 3 is 2.73 bits per heavy atom. The number of hydrogen-bond donors (Lipinski definition) is 0. The van der Waals surface area contributed by atoms with Crippen LogP contribution in [0.4, 0.5) is 0 Å². The lowest BCUT2D eigenvalue weighted by Crippen LogP contribution is -2.00. The third kappa shape index (κ3) is 1.88. The van der Waals surface area contributed by atoms with Gasteiger partial charge in [0.1, 0.15) is 6.26 Å². The molecule has 1 aromatic carbocycles. The first-order valence-corrected chi connectivity index (χ1v) is 4.40. The first kappa shape index (κ1) is 9.45. The molecule has 4 nitrogen and oxygen atoms in total. The van der Waals surface area contributed by atoms with Gasteiger partial charge in [-0.1, -0.05) is 18.2 Å². The van der Waals surface area contributed by atoms with Gasteiger partial charge < -0.3 is 9.15 Å². The molecule has 2 aromatic rings. The fourth-order valence-corrected chi connectivity index (χ4v) is 1.19. The Labute approximate surface area is 86.5 Å². The molecule has 0 radical (unpaired) electrons. The van der Waals surface area contributed by atoms with Crippen molar-refractivity contribution >= 4 is 5.97 Å². The monoisotopic (exact) mass is 203 g/mol. The summed E-state index contributed by atoms with van der Waals surface area (Å²) in [6.07, 6.45) is 1.29. The topological polar surface area (TPSA) is 52.3 Å². The first-order chi connectivity index (χ1) is 7.31. The minimum Gasteiger partial charge on any atom is -0.464 e. The fourth-order valence-electron chi connectivity index (χ4n) is 1.19. The van der Waals surface area contributed by atoms with E-state index in [1.807, 2.05) is 30.3 Å². The quantitative estimate of drug-likeness (QED) is 0.701. The zero-order valence-electron chi connectivity index (χ0n) is 8.14. The summed E-state index contributed by atoms with van der Waals surface area (Å²) in [6, 6.07) is 9.35. The van der Waals surface area contributed by atoms with Gasteiger partial charge in [-0.25, -0.2) is 9.78 Å². The van der Waals surface area contributed by atoms with Gasteiger partial charge in [0.15, 0.2) is 5.69 Å². The number of esters is 1. The molecule has 0 aliphatic heterocycles. The van der Waals surface area contributed by atoms with Crippen molar-refractivity contribution in [2.45, 2.75) is 0 Å². The number of oxazole rings is 1. The fraction of sp³-hybridized carbons (Fsp3) is 0.0909.